The minimum Gasteiger partial charge on any atom is -0.381 e. The highest BCUT2D eigenvalue weighted by molar-refractivity contribution is 5.85. The van der Waals surface area contributed by atoms with Crippen molar-refractivity contribution in [2.75, 3.05) is 20.7 Å². The lowest BCUT2D eigenvalue weighted by Gasteiger charge is -2.48. The maximum atomic E-state index is 5.71. The number of hydrogen-bond acceptors (Lipinski definition) is 2. The van der Waals surface area contributed by atoms with Crippen molar-refractivity contribution in [3.05, 3.63) is 71.8 Å². The molecule has 1 heterocycles. The first-order valence-electron chi connectivity index (χ1n) is 7.62. The van der Waals surface area contributed by atoms with Gasteiger partial charge in [-0.25, -0.2) is 0 Å². The molecule has 1 unspecified atom stereocenters. The van der Waals surface area contributed by atoms with Crippen LogP contribution in [0.1, 0.15) is 24.0 Å². The predicted octanol–water partition coefficient (Wildman–Crippen LogP) is 4.09. The van der Waals surface area contributed by atoms with E-state index in [-0.39, 0.29) is 17.9 Å². The lowest BCUT2D eigenvalue weighted by molar-refractivity contribution is -0.0127. The summed E-state index contributed by atoms with van der Waals surface area (Å²) >= 11 is 0. The Bertz CT molecular complexity index is 533. The number of hydrogen-bond donors (Lipinski definition) is 0. The monoisotopic (exact) mass is 317 g/mol. The van der Waals surface area contributed by atoms with Gasteiger partial charge in [-0.05, 0) is 24.6 Å². The summed E-state index contributed by atoms with van der Waals surface area (Å²) in [4.78, 5) is 2.48. The molecule has 0 amide bonds. The summed E-state index contributed by atoms with van der Waals surface area (Å²) in [6, 6.07) is 21.6. The van der Waals surface area contributed by atoms with Crippen LogP contribution in [0.25, 0.3) is 0 Å². The second-order valence-electron chi connectivity index (χ2n) is 5.86. The third kappa shape index (κ3) is 2.91. The second kappa shape index (κ2) is 7.28. The van der Waals surface area contributed by atoms with Crippen molar-refractivity contribution in [3.63, 3.8) is 0 Å². The maximum Gasteiger partial charge on any atom is 0.0738 e. The average molecular weight is 318 g/mol. The van der Waals surface area contributed by atoms with Crippen molar-refractivity contribution in [3.8, 4) is 0 Å². The number of piperidine rings is 1. The van der Waals surface area contributed by atoms with Gasteiger partial charge in [0.15, 0.2) is 0 Å². The van der Waals surface area contributed by atoms with Crippen LogP contribution in [0, 0.1) is 0 Å². The Labute approximate surface area is 139 Å². The van der Waals surface area contributed by atoms with E-state index in [4.69, 9.17) is 4.74 Å². The Kier molecular flexibility index (Phi) is 5.63. The summed E-state index contributed by atoms with van der Waals surface area (Å²) in [6.45, 7) is 1.04. The topological polar surface area (TPSA) is 12.5 Å². The van der Waals surface area contributed by atoms with Crippen molar-refractivity contribution in [2.45, 2.75) is 24.5 Å². The summed E-state index contributed by atoms with van der Waals surface area (Å²) in [6.07, 6.45) is 2.39. The number of methoxy groups -OCH3 is 1. The molecule has 0 bridgehead atoms. The van der Waals surface area contributed by atoms with Crippen LogP contribution in [-0.4, -0.2) is 31.7 Å². The quantitative estimate of drug-likeness (QED) is 0.845. The van der Waals surface area contributed by atoms with E-state index in [1.165, 1.54) is 11.1 Å². The van der Waals surface area contributed by atoms with E-state index in [1.54, 1.807) is 0 Å². The van der Waals surface area contributed by atoms with E-state index in [0.717, 1.165) is 19.4 Å². The molecule has 0 saturated carbocycles. The normalized spacial score (nSPS) is 21.1. The van der Waals surface area contributed by atoms with E-state index in [1.807, 2.05) is 7.11 Å². The Morgan fingerprint density at radius 1 is 0.955 bits per heavy atom. The van der Waals surface area contributed by atoms with E-state index in [2.05, 4.69) is 72.6 Å². The van der Waals surface area contributed by atoms with Crippen molar-refractivity contribution in [1.82, 2.24) is 4.90 Å². The summed E-state index contributed by atoms with van der Waals surface area (Å²) in [7, 11) is 4.06. The highest BCUT2D eigenvalue weighted by Crippen LogP contribution is 2.43. The smallest absolute Gasteiger partial charge is 0.0738 e. The van der Waals surface area contributed by atoms with Gasteiger partial charge in [0.1, 0.15) is 0 Å². The first-order valence-corrected chi connectivity index (χ1v) is 7.62. The molecular formula is C19H24ClNO. The fourth-order valence-corrected chi connectivity index (χ4v) is 3.59. The number of benzene rings is 2. The number of rotatable bonds is 3. The highest BCUT2D eigenvalue weighted by atomic mass is 35.5. The molecule has 1 aliphatic heterocycles. The van der Waals surface area contributed by atoms with Crippen LogP contribution >= 0.6 is 12.4 Å². The van der Waals surface area contributed by atoms with Crippen molar-refractivity contribution >= 4 is 12.4 Å². The Balaban J connectivity index is 0.00000176. The number of ether oxygens (including phenoxy) is 1. The van der Waals surface area contributed by atoms with Crippen LogP contribution in [0.3, 0.4) is 0 Å². The fraction of sp³-hybridized carbons (Fsp3) is 0.368. The molecule has 1 saturated heterocycles. The van der Waals surface area contributed by atoms with Gasteiger partial charge in [-0.15, -0.1) is 12.4 Å². The SMILES string of the molecule is COC1CCN(C)C(c2ccccc2)(c2ccccc2)C1.Cl. The summed E-state index contributed by atoms with van der Waals surface area (Å²) in [5, 5.41) is 0. The van der Waals surface area contributed by atoms with Crippen molar-refractivity contribution in [2.24, 2.45) is 0 Å². The van der Waals surface area contributed by atoms with Gasteiger partial charge in [-0.1, -0.05) is 60.7 Å². The van der Waals surface area contributed by atoms with Gasteiger partial charge >= 0.3 is 0 Å². The zero-order valence-corrected chi connectivity index (χ0v) is 14.1. The molecule has 1 fully saturated rings. The largest absolute Gasteiger partial charge is 0.381 e. The summed E-state index contributed by atoms with van der Waals surface area (Å²) < 4.78 is 5.71. The molecule has 1 atom stereocenters. The van der Waals surface area contributed by atoms with Gasteiger partial charge in [0, 0.05) is 20.1 Å². The molecule has 3 heteroatoms. The Morgan fingerprint density at radius 3 is 1.91 bits per heavy atom. The molecule has 118 valence electrons. The summed E-state index contributed by atoms with van der Waals surface area (Å²) in [5.74, 6) is 0. The van der Waals surface area contributed by atoms with E-state index in [0.29, 0.717) is 6.10 Å². The molecule has 1 aliphatic rings. The Hall–Kier alpha value is -1.35. The van der Waals surface area contributed by atoms with Crippen LogP contribution < -0.4 is 0 Å². The minimum absolute atomic E-state index is 0. The first kappa shape index (κ1) is 17.0. The van der Waals surface area contributed by atoms with Gasteiger partial charge in [-0.2, -0.15) is 0 Å². The molecule has 0 radical (unpaired) electrons. The van der Waals surface area contributed by atoms with Crippen LogP contribution in [0.4, 0.5) is 0 Å². The first-order chi connectivity index (χ1) is 10.3. The molecule has 2 nitrogen and oxygen atoms in total. The molecule has 0 N–H and O–H groups in total. The third-order valence-electron chi connectivity index (χ3n) is 4.80. The van der Waals surface area contributed by atoms with Gasteiger partial charge in [-0.3, -0.25) is 4.90 Å². The zero-order valence-electron chi connectivity index (χ0n) is 13.2. The minimum atomic E-state index is -0.0958. The number of likely N-dealkylation sites (tertiary alicyclic amines) is 1. The predicted molar refractivity (Wildman–Crippen MR) is 93.6 cm³/mol. The van der Waals surface area contributed by atoms with Crippen LogP contribution in [0.2, 0.25) is 0 Å². The fourth-order valence-electron chi connectivity index (χ4n) is 3.59. The van der Waals surface area contributed by atoms with Gasteiger partial charge in [0.25, 0.3) is 0 Å². The molecule has 2 aromatic rings. The van der Waals surface area contributed by atoms with Gasteiger partial charge in [0.2, 0.25) is 0 Å². The average Bonchev–Trinajstić information content (AvgIpc) is 2.57. The third-order valence-corrected chi connectivity index (χ3v) is 4.80. The van der Waals surface area contributed by atoms with E-state index >= 15 is 0 Å². The van der Waals surface area contributed by atoms with Crippen LogP contribution in [0.5, 0.6) is 0 Å². The highest BCUT2D eigenvalue weighted by Gasteiger charge is 2.43. The van der Waals surface area contributed by atoms with E-state index in [9.17, 15) is 0 Å². The van der Waals surface area contributed by atoms with Crippen LogP contribution in [-0.2, 0) is 10.3 Å². The molecular weight excluding hydrogens is 294 g/mol. The molecule has 2 aromatic carbocycles. The second-order valence-corrected chi connectivity index (χ2v) is 5.86. The van der Waals surface area contributed by atoms with Crippen molar-refractivity contribution in [1.29, 1.82) is 0 Å². The molecule has 22 heavy (non-hydrogen) atoms. The molecule has 0 aliphatic carbocycles. The van der Waals surface area contributed by atoms with E-state index < -0.39 is 0 Å². The van der Waals surface area contributed by atoms with Crippen molar-refractivity contribution < 1.29 is 4.74 Å². The molecule has 3 rings (SSSR count). The van der Waals surface area contributed by atoms with Crippen LogP contribution in [0.15, 0.2) is 60.7 Å². The molecule has 0 spiro atoms. The van der Waals surface area contributed by atoms with Gasteiger partial charge < -0.3 is 4.74 Å². The lowest BCUT2D eigenvalue weighted by atomic mass is 9.74. The zero-order chi connectivity index (χ0) is 14.7. The standard InChI is InChI=1S/C19H23NO.ClH/c1-20-14-13-18(21-2)15-19(20,16-9-5-3-6-10-16)17-11-7-4-8-12-17;/h3-12,18H,13-15H2,1-2H3;1H. The maximum absolute atomic E-state index is 5.71. The lowest BCUT2D eigenvalue weighted by Crippen LogP contribution is -2.52. The Morgan fingerprint density at radius 2 is 1.45 bits per heavy atom. The number of nitrogens with zero attached hydrogens (tertiary/aromatic N) is 1. The summed E-state index contributed by atoms with van der Waals surface area (Å²) in [5.41, 5.74) is 2.60. The van der Waals surface area contributed by atoms with Gasteiger partial charge in [0.05, 0.1) is 11.6 Å². The molecule has 0 aromatic heterocycles. The number of halogens is 1.